The Morgan fingerprint density at radius 2 is 1.95 bits per heavy atom. The monoisotopic (exact) mass is 291 g/mol. The van der Waals surface area contributed by atoms with Gasteiger partial charge in [-0.2, -0.15) is 0 Å². The van der Waals surface area contributed by atoms with Crippen molar-refractivity contribution in [1.29, 1.82) is 0 Å². The number of benzene rings is 1. The average molecular weight is 291 g/mol. The summed E-state index contributed by atoms with van der Waals surface area (Å²) in [6.07, 6.45) is 1.18. The van der Waals surface area contributed by atoms with Crippen LogP contribution in [0, 0.1) is 6.92 Å². The molecule has 4 nitrogen and oxygen atoms in total. The first-order valence-corrected chi connectivity index (χ1v) is 8.13. The molecule has 1 aromatic carbocycles. The molecule has 0 atom stereocenters. The first kappa shape index (κ1) is 16.3. The second kappa shape index (κ2) is 8.37. The highest BCUT2D eigenvalue weighted by Gasteiger charge is 2.17. The number of hydrogen-bond donors (Lipinski definition) is 2. The molecule has 0 unspecified atom stereocenters. The molecule has 0 spiro atoms. The van der Waals surface area contributed by atoms with Crippen molar-refractivity contribution in [2.75, 3.05) is 50.8 Å². The van der Waals surface area contributed by atoms with Gasteiger partial charge < -0.3 is 15.3 Å². The van der Waals surface area contributed by atoms with Crippen molar-refractivity contribution >= 4 is 5.69 Å². The van der Waals surface area contributed by atoms with E-state index in [0.717, 1.165) is 45.8 Å². The molecule has 1 aliphatic heterocycles. The van der Waals surface area contributed by atoms with Crippen LogP contribution in [0.5, 0.6) is 0 Å². The molecule has 0 aromatic heterocycles. The standard InChI is InChI=1S/C17H29N3O/c1-3-6-18-14-16-4-5-17(15(2)13-16)20-9-7-19(8-10-20)11-12-21/h4-5,13,18,21H,3,6-12,14H2,1-2H3. The van der Waals surface area contributed by atoms with Crippen molar-refractivity contribution in [2.45, 2.75) is 26.8 Å². The summed E-state index contributed by atoms with van der Waals surface area (Å²) in [4.78, 5) is 4.79. The molecule has 1 fully saturated rings. The molecule has 0 aliphatic carbocycles. The van der Waals surface area contributed by atoms with E-state index < -0.39 is 0 Å². The smallest absolute Gasteiger partial charge is 0.0558 e. The van der Waals surface area contributed by atoms with Crippen LogP contribution in [0.3, 0.4) is 0 Å². The van der Waals surface area contributed by atoms with Crippen LogP contribution < -0.4 is 10.2 Å². The van der Waals surface area contributed by atoms with Crippen molar-refractivity contribution in [3.05, 3.63) is 29.3 Å². The van der Waals surface area contributed by atoms with Gasteiger partial charge in [0.15, 0.2) is 0 Å². The molecule has 0 bridgehead atoms. The third kappa shape index (κ3) is 4.70. The van der Waals surface area contributed by atoms with Gasteiger partial charge in [-0.25, -0.2) is 0 Å². The Balaban J connectivity index is 1.92. The Morgan fingerprint density at radius 3 is 2.57 bits per heavy atom. The van der Waals surface area contributed by atoms with Gasteiger partial charge in [0, 0.05) is 45.0 Å². The zero-order chi connectivity index (χ0) is 15.1. The van der Waals surface area contributed by atoms with Gasteiger partial charge in [-0.3, -0.25) is 4.90 Å². The second-order valence-electron chi connectivity index (χ2n) is 5.85. The van der Waals surface area contributed by atoms with E-state index in [1.165, 1.54) is 23.2 Å². The summed E-state index contributed by atoms with van der Waals surface area (Å²) in [5.74, 6) is 0. The van der Waals surface area contributed by atoms with Crippen LogP contribution >= 0.6 is 0 Å². The quantitative estimate of drug-likeness (QED) is 0.749. The number of β-amino-alcohol motifs (C(OH)–C–C–N with tert-alkyl or cyclic N) is 1. The third-order valence-electron chi connectivity index (χ3n) is 4.15. The largest absolute Gasteiger partial charge is 0.395 e. The van der Waals surface area contributed by atoms with Gasteiger partial charge in [-0.15, -0.1) is 0 Å². The molecular weight excluding hydrogens is 262 g/mol. The van der Waals surface area contributed by atoms with Gasteiger partial charge in [-0.05, 0) is 37.1 Å². The zero-order valence-electron chi connectivity index (χ0n) is 13.4. The molecule has 0 saturated carbocycles. The fraction of sp³-hybridized carbons (Fsp3) is 0.647. The highest BCUT2D eigenvalue weighted by molar-refractivity contribution is 5.54. The maximum absolute atomic E-state index is 9.00. The summed E-state index contributed by atoms with van der Waals surface area (Å²) in [5, 5.41) is 12.5. The molecule has 1 saturated heterocycles. The number of piperazine rings is 1. The summed E-state index contributed by atoms with van der Waals surface area (Å²) in [5.41, 5.74) is 4.09. The number of hydrogen-bond acceptors (Lipinski definition) is 4. The Hall–Kier alpha value is -1.10. The summed E-state index contributed by atoms with van der Waals surface area (Å²) in [6.45, 7) is 11.7. The number of aliphatic hydroxyl groups excluding tert-OH is 1. The topological polar surface area (TPSA) is 38.7 Å². The van der Waals surface area contributed by atoms with Gasteiger partial charge in [0.1, 0.15) is 0 Å². The third-order valence-corrected chi connectivity index (χ3v) is 4.15. The molecule has 2 rings (SSSR count). The van der Waals surface area contributed by atoms with Crippen molar-refractivity contribution in [2.24, 2.45) is 0 Å². The first-order chi connectivity index (χ1) is 10.2. The summed E-state index contributed by atoms with van der Waals surface area (Å²) in [6, 6.07) is 6.81. The fourth-order valence-electron chi connectivity index (χ4n) is 2.95. The van der Waals surface area contributed by atoms with E-state index in [0.29, 0.717) is 0 Å². The molecule has 21 heavy (non-hydrogen) atoms. The van der Waals surface area contributed by atoms with Gasteiger partial charge in [0.05, 0.1) is 6.61 Å². The molecule has 0 amide bonds. The maximum Gasteiger partial charge on any atom is 0.0558 e. The Labute approximate surface area is 128 Å². The second-order valence-corrected chi connectivity index (χ2v) is 5.85. The van der Waals surface area contributed by atoms with Gasteiger partial charge >= 0.3 is 0 Å². The molecule has 1 heterocycles. The average Bonchev–Trinajstić information content (AvgIpc) is 2.49. The molecule has 1 aromatic rings. The lowest BCUT2D eigenvalue weighted by Crippen LogP contribution is -2.47. The van der Waals surface area contributed by atoms with Gasteiger partial charge in [0.25, 0.3) is 0 Å². The minimum atomic E-state index is 0.262. The summed E-state index contributed by atoms with van der Waals surface area (Å²) < 4.78 is 0. The molecule has 1 aliphatic rings. The summed E-state index contributed by atoms with van der Waals surface area (Å²) >= 11 is 0. The van der Waals surface area contributed by atoms with Crippen LogP contribution in [-0.4, -0.2) is 55.9 Å². The number of nitrogens with zero attached hydrogens (tertiary/aromatic N) is 2. The molecular formula is C17H29N3O. The van der Waals surface area contributed by atoms with Gasteiger partial charge in [0.2, 0.25) is 0 Å². The molecule has 118 valence electrons. The van der Waals surface area contributed by atoms with Crippen LogP contribution in [0.4, 0.5) is 5.69 Å². The van der Waals surface area contributed by atoms with Crippen LogP contribution in [0.2, 0.25) is 0 Å². The minimum absolute atomic E-state index is 0.262. The van der Waals surface area contributed by atoms with Crippen molar-refractivity contribution in [3.8, 4) is 0 Å². The Morgan fingerprint density at radius 1 is 1.19 bits per heavy atom. The number of rotatable bonds is 7. The zero-order valence-corrected chi connectivity index (χ0v) is 13.4. The van der Waals surface area contributed by atoms with Crippen LogP contribution in [0.1, 0.15) is 24.5 Å². The van der Waals surface area contributed by atoms with Gasteiger partial charge in [-0.1, -0.05) is 19.1 Å². The number of aryl methyl sites for hydroxylation is 1. The van der Waals surface area contributed by atoms with E-state index in [2.05, 4.69) is 47.2 Å². The van der Waals surface area contributed by atoms with Crippen LogP contribution in [0.25, 0.3) is 0 Å². The Kier molecular flexibility index (Phi) is 6.49. The number of nitrogens with one attached hydrogen (secondary N) is 1. The fourth-order valence-corrected chi connectivity index (χ4v) is 2.95. The maximum atomic E-state index is 9.00. The first-order valence-electron chi connectivity index (χ1n) is 8.13. The lowest BCUT2D eigenvalue weighted by molar-refractivity contribution is 0.188. The normalized spacial score (nSPS) is 16.4. The van der Waals surface area contributed by atoms with E-state index in [-0.39, 0.29) is 6.61 Å². The highest BCUT2D eigenvalue weighted by atomic mass is 16.3. The lowest BCUT2D eigenvalue weighted by Gasteiger charge is -2.36. The molecule has 0 radical (unpaired) electrons. The minimum Gasteiger partial charge on any atom is -0.395 e. The molecule has 4 heteroatoms. The van der Waals surface area contributed by atoms with Crippen molar-refractivity contribution in [1.82, 2.24) is 10.2 Å². The van der Waals surface area contributed by atoms with E-state index >= 15 is 0 Å². The Bertz CT molecular complexity index is 428. The number of aliphatic hydroxyl groups is 1. The lowest BCUT2D eigenvalue weighted by atomic mass is 10.1. The summed E-state index contributed by atoms with van der Waals surface area (Å²) in [7, 11) is 0. The van der Waals surface area contributed by atoms with E-state index in [9.17, 15) is 0 Å². The highest BCUT2D eigenvalue weighted by Crippen LogP contribution is 2.22. The molecule has 2 N–H and O–H groups in total. The number of anilines is 1. The van der Waals surface area contributed by atoms with Crippen LogP contribution in [-0.2, 0) is 6.54 Å². The van der Waals surface area contributed by atoms with E-state index in [4.69, 9.17) is 5.11 Å². The van der Waals surface area contributed by atoms with Crippen molar-refractivity contribution < 1.29 is 5.11 Å². The predicted octanol–water partition coefficient (Wildman–Crippen LogP) is 1.61. The van der Waals surface area contributed by atoms with E-state index in [1.807, 2.05) is 0 Å². The van der Waals surface area contributed by atoms with E-state index in [1.54, 1.807) is 0 Å². The van der Waals surface area contributed by atoms with Crippen molar-refractivity contribution in [3.63, 3.8) is 0 Å². The predicted molar refractivity (Wildman–Crippen MR) is 88.9 cm³/mol. The van der Waals surface area contributed by atoms with Crippen LogP contribution in [0.15, 0.2) is 18.2 Å². The SMILES string of the molecule is CCCNCc1ccc(N2CCN(CCO)CC2)c(C)c1.